The Bertz CT molecular complexity index is 1050. The maximum absolute atomic E-state index is 13.0. The van der Waals surface area contributed by atoms with Crippen molar-refractivity contribution in [3.8, 4) is 0 Å². The van der Waals surface area contributed by atoms with Gasteiger partial charge in [-0.2, -0.15) is 0 Å². The van der Waals surface area contributed by atoms with Gasteiger partial charge in [0.25, 0.3) is 8.32 Å². The molecule has 6 nitrogen and oxygen atoms in total. The summed E-state index contributed by atoms with van der Waals surface area (Å²) in [5, 5.41) is 2.44. The fourth-order valence-electron chi connectivity index (χ4n) is 6.98. The molecule has 0 aromatic heterocycles. The molecule has 1 heterocycles. The zero-order chi connectivity index (χ0) is 27.9. The first kappa shape index (κ1) is 29.5. The molecular formula is C32H45NO5Si. The smallest absolute Gasteiger partial charge is 0.414 e. The van der Waals surface area contributed by atoms with Crippen molar-refractivity contribution >= 4 is 24.8 Å². The summed E-state index contributed by atoms with van der Waals surface area (Å²) in [5.41, 5.74) is -0.368. The molecule has 1 saturated carbocycles. The number of hydrogen-bond donors (Lipinski definition) is 0. The summed E-state index contributed by atoms with van der Waals surface area (Å²) in [7, 11) is 0.444. The van der Waals surface area contributed by atoms with E-state index in [1.54, 1.807) is 7.11 Å². The number of rotatable bonds is 9. The van der Waals surface area contributed by atoms with Crippen molar-refractivity contribution in [2.45, 2.75) is 76.0 Å². The highest BCUT2D eigenvalue weighted by Gasteiger charge is 2.53. The molecule has 2 aliphatic rings. The third-order valence-corrected chi connectivity index (χ3v) is 13.7. The van der Waals surface area contributed by atoms with Gasteiger partial charge in [-0.25, -0.2) is 4.79 Å². The summed E-state index contributed by atoms with van der Waals surface area (Å²) in [6.45, 7) is 7.72. The Labute approximate surface area is 235 Å². The van der Waals surface area contributed by atoms with Crippen LogP contribution in [0.5, 0.6) is 0 Å². The minimum atomic E-state index is -2.67. The SMILES string of the molecule is COCO[C@H]1CCC[C@]2(CCC=CN2C(=O)OC)[C@@H]1CCO[Si](c1ccccc1)(c1ccccc1)C(C)(C)C. The number of amides is 1. The van der Waals surface area contributed by atoms with Gasteiger partial charge in [-0.1, -0.05) is 87.5 Å². The maximum atomic E-state index is 13.0. The van der Waals surface area contributed by atoms with Crippen molar-refractivity contribution in [3.63, 3.8) is 0 Å². The third-order valence-electron chi connectivity index (χ3n) is 8.65. The Morgan fingerprint density at radius 3 is 2.21 bits per heavy atom. The monoisotopic (exact) mass is 551 g/mol. The lowest BCUT2D eigenvalue weighted by atomic mass is 9.66. The molecule has 1 aliphatic heterocycles. The van der Waals surface area contributed by atoms with Crippen LogP contribution in [0.2, 0.25) is 5.04 Å². The second kappa shape index (κ2) is 12.8. The topological polar surface area (TPSA) is 57.2 Å². The van der Waals surface area contributed by atoms with Crippen molar-refractivity contribution in [1.29, 1.82) is 0 Å². The lowest BCUT2D eigenvalue weighted by Gasteiger charge is -2.54. The van der Waals surface area contributed by atoms with Gasteiger partial charge in [-0.15, -0.1) is 0 Å². The minimum Gasteiger partial charge on any atom is -0.452 e. The molecule has 1 aliphatic carbocycles. The van der Waals surface area contributed by atoms with Gasteiger partial charge >= 0.3 is 6.09 Å². The molecule has 0 bridgehead atoms. The van der Waals surface area contributed by atoms with Gasteiger partial charge in [0.15, 0.2) is 0 Å². The van der Waals surface area contributed by atoms with E-state index in [-0.39, 0.29) is 35.5 Å². The van der Waals surface area contributed by atoms with Crippen LogP contribution in [0.15, 0.2) is 72.9 Å². The molecule has 212 valence electrons. The highest BCUT2D eigenvalue weighted by molar-refractivity contribution is 6.99. The van der Waals surface area contributed by atoms with Crippen LogP contribution in [-0.4, -0.2) is 58.6 Å². The van der Waals surface area contributed by atoms with Crippen molar-refractivity contribution in [3.05, 3.63) is 72.9 Å². The fraction of sp³-hybridized carbons (Fsp3) is 0.531. The molecule has 0 radical (unpaired) electrons. The van der Waals surface area contributed by atoms with E-state index in [0.29, 0.717) is 6.61 Å². The van der Waals surface area contributed by atoms with Crippen molar-refractivity contribution in [1.82, 2.24) is 4.90 Å². The first-order chi connectivity index (χ1) is 18.8. The van der Waals surface area contributed by atoms with Gasteiger partial charge in [0, 0.05) is 25.8 Å². The van der Waals surface area contributed by atoms with E-state index in [4.69, 9.17) is 18.6 Å². The zero-order valence-corrected chi connectivity index (χ0v) is 25.2. The molecule has 39 heavy (non-hydrogen) atoms. The van der Waals surface area contributed by atoms with Gasteiger partial charge in [-0.05, 0) is 53.9 Å². The van der Waals surface area contributed by atoms with Crippen LogP contribution in [-0.2, 0) is 18.6 Å². The predicted molar refractivity (Wildman–Crippen MR) is 158 cm³/mol. The van der Waals surface area contributed by atoms with Crippen LogP contribution in [0, 0.1) is 5.92 Å². The van der Waals surface area contributed by atoms with E-state index in [0.717, 1.165) is 38.5 Å². The Morgan fingerprint density at radius 2 is 1.64 bits per heavy atom. The van der Waals surface area contributed by atoms with E-state index in [1.807, 2.05) is 11.1 Å². The lowest BCUT2D eigenvalue weighted by Crippen LogP contribution is -2.67. The highest BCUT2D eigenvalue weighted by Crippen LogP contribution is 2.47. The number of benzene rings is 2. The first-order valence-electron chi connectivity index (χ1n) is 14.2. The molecule has 2 aromatic rings. The minimum absolute atomic E-state index is 0.0277. The van der Waals surface area contributed by atoms with Crippen LogP contribution in [0.4, 0.5) is 4.79 Å². The molecular weight excluding hydrogens is 506 g/mol. The summed E-state index contributed by atoms with van der Waals surface area (Å²) >= 11 is 0. The molecule has 1 amide bonds. The number of methoxy groups -OCH3 is 2. The van der Waals surface area contributed by atoms with E-state index in [9.17, 15) is 4.79 Å². The number of allylic oxidation sites excluding steroid dienone is 1. The summed E-state index contributed by atoms with van der Waals surface area (Å²) in [5.74, 6) is 0.0867. The molecule has 1 fully saturated rings. The zero-order valence-electron chi connectivity index (χ0n) is 24.2. The predicted octanol–water partition coefficient (Wildman–Crippen LogP) is 5.86. The van der Waals surface area contributed by atoms with Crippen LogP contribution >= 0.6 is 0 Å². The average Bonchev–Trinajstić information content (AvgIpc) is 2.95. The Kier molecular flexibility index (Phi) is 9.70. The van der Waals surface area contributed by atoms with Gasteiger partial charge < -0.3 is 18.6 Å². The third kappa shape index (κ3) is 5.87. The quantitative estimate of drug-likeness (QED) is 0.289. The average molecular weight is 552 g/mol. The van der Waals surface area contributed by atoms with Crippen molar-refractivity contribution in [2.75, 3.05) is 27.6 Å². The second-order valence-electron chi connectivity index (χ2n) is 11.8. The molecule has 7 heteroatoms. The van der Waals surface area contributed by atoms with Crippen molar-refractivity contribution < 1.29 is 23.4 Å². The largest absolute Gasteiger partial charge is 0.452 e. The maximum Gasteiger partial charge on any atom is 0.414 e. The van der Waals surface area contributed by atoms with Gasteiger partial charge in [-0.3, -0.25) is 4.90 Å². The molecule has 4 rings (SSSR count). The second-order valence-corrected chi connectivity index (χ2v) is 16.1. The first-order valence-corrected chi connectivity index (χ1v) is 16.1. The van der Waals surface area contributed by atoms with Crippen molar-refractivity contribution in [2.24, 2.45) is 5.92 Å². The number of carbonyl (C=O) groups excluding carboxylic acids is 1. The van der Waals surface area contributed by atoms with Gasteiger partial charge in [0.1, 0.15) is 6.79 Å². The van der Waals surface area contributed by atoms with E-state index >= 15 is 0 Å². The highest BCUT2D eigenvalue weighted by atomic mass is 28.4. The molecule has 0 saturated heterocycles. The van der Waals surface area contributed by atoms with E-state index in [1.165, 1.54) is 17.5 Å². The van der Waals surface area contributed by atoms with E-state index < -0.39 is 8.32 Å². The number of ether oxygens (including phenoxy) is 3. The molecule has 3 atom stereocenters. The van der Waals surface area contributed by atoms with Crippen LogP contribution in [0.3, 0.4) is 0 Å². The molecule has 1 spiro atoms. The van der Waals surface area contributed by atoms with Crippen LogP contribution < -0.4 is 10.4 Å². The van der Waals surface area contributed by atoms with Crippen LogP contribution in [0.1, 0.15) is 59.3 Å². The number of hydrogen-bond acceptors (Lipinski definition) is 5. The summed E-state index contributed by atoms with van der Waals surface area (Å²) < 4.78 is 24.1. The normalized spacial score (nSPS) is 23.7. The van der Waals surface area contributed by atoms with Gasteiger partial charge in [0.05, 0.1) is 18.8 Å². The molecule has 0 N–H and O–H groups in total. The summed E-state index contributed by atoms with van der Waals surface area (Å²) in [6, 6.07) is 21.5. The Hall–Kier alpha value is -2.45. The van der Waals surface area contributed by atoms with Crippen LogP contribution in [0.25, 0.3) is 0 Å². The number of carbonyl (C=O) groups is 1. The standard InChI is InChI=1S/C32H45NO5Si/c1-31(2,3)39(26-15-8-6-9-16-26,27-17-10-7-11-18-27)38-24-20-28-29(37-25-35-4)19-14-22-32(28)21-12-13-23-33(32)30(34)36-5/h6-11,13,15-18,23,28-29H,12,14,19-22,24-25H2,1-5H3/t28-,29+,32-/m1/s1. The summed E-state index contributed by atoms with van der Waals surface area (Å²) in [4.78, 5) is 14.8. The Balaban J connectivity index is 1.70. The fourth-order valence-corrected chi connectivity index (χ4v) is 11.6. The van der Waals surface area contributed by atoms with Gasteiger partial charge in [0.2, 0.25) is 0 Å². The molecule has 0 unspecified atom stereocenters. The Morgan fingerprint density at radius 1 is 1.00 bits per heavy atom. The lowest BCUT2D eigenvalue weighted by molar-refractivity contribution is -0.138. The number of nitrogens with zero attached hydrogens (tertiary/aromatic N) is 1. The summed E-state index contributed by atoms with van der Waals surface area (Å²) in [6.07, 6.45) is 9.09. The van der Waals surface area contributed by atoms with E-state index in [2.05, 4.69) is 87.5 Å². The molecule has 2 aromatic carbocycles.